The molecule has 4 heteroatoms. The molecule has 82 valence electrons. The molecule has 3 atom stereocenters. The summed E-state index contributed by atoms with van der Waals surface area (Å²) in [6.07, 6.45) is 1.31. The Labute approximate surface area is 93.0 Å². The highest BCUT2D eigenvalue weighted by Crippen LogP contribution is 2.36. The fourth-order valence-corrected chi connectivity index (χ4v) is 1.95. The number of aliphatic hydroxyl groups is 1. The number of rotatable bonds is 1. The zero-order valence-electron chi connectivity index (χ0n) is 8.79. The topological polar surface area (TPSA) is 46.5 Å². The highest BCUT2D eigenvalue weighted by Gasteiger charge is 2.43. The van der Waals surface area contributed by atoms with Crippen LogP contribution in [0.25, 0.3) is 0 Å². The van der Waals surface area contributed by atoms with E-state index < -0.39 is 17.3 Å². The maximum Gasteiger partial charge on any atom is 0.151 e. The van der Waals surface area contributed by atoms with Crippen LogP contribution in [0.1, 0.15) is 33.6 Å². The van der Waals surface area contributed by atoms with E-state index in [1.54, 1.807) is 6.92 Å². The molecule has 1 heterocycles. The van der Waals surface area contributed by atoms with Crippen molar-refractivity contribution in [1.82, 2.24) is 0 Å². The summed E-state index contributed by atoms with van der Waals surface area (Å²) in [6.45, 7) is 5.49. The molecule has 0 aromatic carbocycles. The van der Waals surface area contributed by atoms with Crippen LogP contribution >= 0.6 is 15.9 Å². The first-order chi connectivity index (χ1) is 6.29. The van der Waals surface area contributed by atoms with Crippen LogP contribution in [-0.4, -0.2) is 33.5 Å². The van der Waals surface area contributed by atoms with Crippen molar-refractivity contribution in [3.63, 3.8) is 0 Å². The van der Waals surface area contributed by atoms with Crippen molar-refractivity contribution in [3.05, 3.63) is 0 Å². The summed E-state index contributed by atoms with van der Waals surface area (Å²) in [6, 6.07) is 0. The van der Waals surface area contributed by atoms with Crippen molar-refractivity contribution >= 4 is 22.2 Å². The van der Waals surface area contributed by atoms with Crippen molar-refractivity contribution in [2.24, 2.45) is 0 Å². The average molecular weight is 265 g/mol. The first kappa shape index (κ1) is 12.1. The molecule has 0 unspecified atom stereocenters. The molecule has 0 aliphatic carbocycles. The molecule has 1 N–H and O–H groups in total. The van der Waals surface area contributed by atoms with Gasteiger partial charge in [0.1, 0.15) is 6.10 Å². The molecular formula is C10H17BrO3. The van der Waals surface area contributed by atoms with Crippen LogP contribution in [0, 0.1) is 0 Å². The Bertz CT molecular complexity index is 225. The van der Waals surface area contributed by atoms with Gasteiger partial charge in [-0.25, -0.2) is 0 Å². The number of halogens is 1. The lowest BCUT2D eigenvalue weighted by atomic mass is 9.93. The summed E-state index contributed by atoms with van der Waals surface area (Å²) in [5.41, 5.74) is -1.48. The lowest BCUT2D eigenvalue weighted by molar-refractivity contribution is -0.155. The number of hydrogen-bond acceptors (Lipinski definition) is 3. The molecule has 0 bridgehead atoms. The van der Waals surface area contributed by atoms with E-state index in [1.807, 2.05) is 13.8 Å². The molecule has 0 amide bonds. The van der Waals surface area contributed by atoms with Gasteiger partial charge in [-0.3, -0.25) is 0 Å². The molecule has 1 fully saturated rings. The predicted octanol–water partition coefficient (Wildman–Crippen LogP) is 1.66. The first-order valence-electron chi connectivity index (χ1n) is 4.79. The van der Waals surface area contributed by atoms with E-state index in [-0.39, 0.29) is 4.83 Å². The molecule has 0 saturated carbocycles. The molecular weight excluding hydrogens is 248 g/mol. The Kier molecular flexibility index (Phi) is 3.39. The van der Waals surface area contributed by atoms with E-state index in [2.05, 4.69) is 15.9 Å². The van der Waals surface area contributed by atoms with Crippen LogP contribution in [0.15, 0.2) is 0 Å². The molecule has 1 aliphatic heterocycles. The van der Waals surface area contributed by atoms with E-state index >= 15 is 0 Å². The van der Waals surface area contributed by atoms with Crippen LogP contribution < -0.4 is 0 Å². The zero-order chi connectivity index (χ0) is 11.0. The molecule has 0 spiro atoms. The number of ether oxygens (including phenoxy) is 1. The largest absolute Gasteiger partial charge is 0.387 e. The molecule has 0 radical (unpaired) electrons. The van der Waals surface area contributed by atoms with Gasteiger partial charge in [0.2, 0.25) is 0 Å². The molecule has 0 aromatic rings. The fourth-order valence-electron chi connectivity index (χ4n) is 1.61. The third kappa shape index (κ3) is 2.35. The number of carbonyl (C=O) groups excluding carboxylic acids is 1. The standard InChI is InChI=1S/C10H17BrO3/c1-9(2)7(11)4-5-10(3,13)8(6-12)14-9/h6-8,13H,4-5H2,1-3H3/t7-,8+,10+/m1/s1. The quantitative estimate of drug-likeness (QED) is 0.579. The minimum absolute atomic E-state index is 0.159. The van der Waals surface area contributed by atoms with Gasteiger partial charge in [-0.15, -0.1) is 0 Å². The Morgan fingerprint density at radius 2 is 2.07 bits per heavy atom. The zero-order valence-corrected chi connectivity index (χ0v) is 10.4. The Morgan fingerprint density at radius 1 is 1.50 bits per heavy atom. The number of carbonyl (C=O) groups is 1. The summed E-state index contributed by atoms with van der Waals surface area (Å²) in [5.74, 6) is 0. The summed E-state index contributed by atoms with van der Waals surface area (Å²) >= 11 is 3.52. The van der Waals surface area contributed by atoms with E-state index in [0.29, 0.717) is 12.7 Å². The normalized spacial score (nSPS) is 42.9. The van der Waals surface area contributed by atoms with Crippen LogP contribution in [0.5, 0.6) is 0 Å². The molecule has 1 saturated heterocycles. The lowest BCUT2D eigenvalue weighted by Crippen LogP contribution is -2.45. The average Bonchev–Trinajstić information content (AvgIpc) is 2.15. The van der Waals surface area contributed by atoms with Crippen molar-refractivity contribution in [1.29, 1.82) is 0 Å². The molecule has 3 nitrogen and oxygen atoms in total. The van der Waals surface area contributed by atoms with Crippen molar-refractivity contribution in [2.45, 2.75) is 55.7 Å². The van der Waals surface area contributed by atoms with E-state index in [0.717, 1.165) is 6.42 Å². The van der Waals surface area contributed by atoms with Crippen LogP contribution in [0.2, 0.25) is 0 Å². The minimum Gasteiger partial charge on any atom is -0.387 e. The van der Waals surface area contributed by atoms with Gasteiger partial charge in [0, 0.05) is 4.83 Å². The van der Waals surface area contributed by atoms with Gasteiger partial charge in [0.25, 0.3) is 0 Å². The predicted molar refractivity (Wildman–Crippen MR) is 57.6 cm³/mol. The summed E-state index contributed by atoms with van der Waals surface area (Å²) in [4.78, 5) is 11.0. The molecule has 0 aromatic heterocycles. The number of aldehydes is 1. The van der Waals surface area contributed by atoms with Crippen molar-refractivity contribution in [2.75, 3.05) is 0 Å². The Hall–Kier alpha value is 0.0700. The van der Waals surface area contributed by atoms with Gasteiger partial charge in [0.05, 0.1) is 11.2 Å². The van der Waals surface area contributed by atoms with Crippen LogP contribution in [-0.2, 0) is 9.53 Å². The smallest absolute Gasteiger partial charge is 0.151 e. The van der Waals surface area contributed by atoms with Gasteiger partial charge in [-0.1, -0.05) is 15.9 Å². The van der Waals surface area contributed by atoms with Crippen LogP contribution in [0.4, 0.5) is 0 Å². The van der Waals surface area contributed by atoms with E-state index in [1.165, 1.54) is 0 Å². The highest BCUT2D eigenvalue weighted by molar-refractivity contribution is 9.09. The SMILES string of the molecule is CC1(C)O[C@@H](C=O)[C@@](C)(O)CC[C@H]1Br. The van der Waals surface area contributed by atoms with Crippen molar-refractivity contribution in [3.8, 4) is 0 Å². The fraction of sp³-hybridized carbons (Fsp3) is 0.900. The maximum atomic E-state index is 10.8. The highest BCUT2D eigenvalue weighted by atomic mass is 79.9. The van der Waals surface area contributed by atoms with Gasteiger partial charge in [0.15, 0.2) is 6.29 Å². The second kappa shape index (κ2) is 3.91. The number of alkyl halides is 1. The third-order valence-corrected chi connectivity index (χ3v) is 4.39. The summed E-state index contributed by atoms with van der Waals surface area (Å²) in [7, 11) is 0. The first-order valence-corrected chi connectivity index (χ1v) is 5.71. The van der Waals surface area contributed by atoms with Gasteiger partial charge < -0.3 is 14.6 Å². The second-order valence-electron chi connectivity index (χ2n) is 4.64. The van der Waals surface area contributed by atoms with E-state index in [9.17, 15) is 9.90 Å². The van der Waals surface area contributed by atoms with Gasteiger partial charge in [-0.05, 0) is 33.6 Å². The van der Waals surface area contributed by atoms with Gasteiger partial charge in [-0.2, -0.15) is 0 Å². The Morgan fingerprint density at radius 3 is 2.57 bits per heavy atom. The minimum atomic E-state index is -1.05. The van der Waals surface area contributed by atoms with Gasteiger partial charge >= 0.3 is 0 Å². The Balaban J connectivity index is 2.90. The molecule has 1 aliphatic rings. The third-order valence-electron chi connectivity index (χ3n) is 2.83. The van der Waals surface area contributed by atoms with Crippen LogP contribution in [0.3, 0.4) is 0 Å². The summed E-state index contributed by atoms with van der Waals surface area (Å²) < 4.78 is 5.61. The van der Waals surface area contributed by atoms with E-state index in [4.69, 9.17) is 4.74 Å². The maximum absolute atomic E-state index is 10.8. The molecule has 14 heavy (non-hydrogen) atoms. The summed E-state index contributed by atoms with van der Waals surface area (Å²) in [5, 5.41) is 9.99. The van der Waals surface area contributed by atoms with Crippen molar-refractivity contribution < 1.29 is 14.6 Å². The lowest BCUT2D eigenvalue weighted by Gasteiger charge is -2.32. The molecule has 1 rings (SSSR count). The number of hydrogen-bond donors (Lipinski definition) is 1. The monoisotopic (exact) mass is 264 g/mol. The second-order valence-corrected chi connectivity index (χ2v) is 5.75.